The standard InChI is InChI=1S/C33H33BFNO5S/c1-2-21-17-25-31(33(39)36(32(25)38)19-24-9-6-14-42-24)26-18-34(40)41-29(30(21)26)13-11-23(22-7-4-3-5-8-22)15-20-10-12-28(37)27(35)16-20/h3-10,12,14-16,25-26,29,31,37,40H,2,11,13,17-19H2,1H3/b23-15-/t25-,26+,29-,31-/m1/s1. The molecule has 2 N–H and O–H groups in total. The number of benzene rings is 2. The second-order valence-corrected chi connectivity index (χ2v) is 12.3. The number of rotatable bonds is 8. The van der Waals surface area contributed by atoms with Crippen LogP contribution in [0.1, 0.15) is 48.6 Å². The highest BCUT2D eigenvalue weighted by molar-refractivity contribution is 7.09. The molecule has 1 aliphatic carbocycles. The van der Waals surface area contributed by atoms with E-state index in [2.05, 4.69) is 6.92 Å². The highest BCUT2D eigenvalue weighted by Gasteiger charge is 2.57. The third-order valence-corrected chi connectivity index (χ3v) is 9.71. The first kappa shape index (κ1) is 28.6. The van der Waals surface area contributed by atoms with Crippen molar-refractivity contribution in [2.75, 3.05) is 0 Å². The van der Waals surface area contributed by atoms with Crippen LogP contribution >= 0.6 is 11.3 Å². The smallest absolute Gasteiger partial charge is 0.455 e. The SMILES string of the molecule is CCC1=C2[C@@H](CC/C(=C/c3ccc(O)c(F)c3)c3ccccc3)OB(O)C[C@@H]2[C@@H]2C(=O)N(Cc3cccs3)C(=O)[C@@H]2C1. The van der Waals surface area contributed by atoms with Crippen LogP contribution in [0.15, 0.2) is 77.2 Å². The molecule has 2 fully saturated rings. The van der Waals surface area contributed by atoms with Crippen molar-refractivity contribution in [1.82, 2.24) is 4.90 Å². The Bertz CT molecular complexity index is 1540. The number of carbonyl (C=O) groups excluding carboxylic acids is 2. The third kappa shape index (κ3) is 5.49. The number of hydrogen-bond acceptors (Lipinski definition) is 6. The van der Waals surface area contributed by atoms with Gasteiger partial charge in [0, 0.05) is 4.88 Å². The molecule has 0 bridgehead atoms. The summed E-state index contributed by atoms with van der Waals surface area (Å²) in [6, 6.07) is 18.0. The minimum absolute atomic E-state index is 0.114. The summed E-state index contributed by atoms with van der Waals surface area (Å²) < 4.78 is 20.3. The van der Waals surface area contributed by atoms with E-state index in [1.54, 1.807) is 6.07 Å². The van der Waals surface area contributed by atoms with Gasteiger partial charge in [-0.15, -0.1) is 11.3 Å². The average Bonchev–Trinajstić information content (AvgIpc) is 3.59. The van der Waals surface area contributed by atoms with Gasteiger partial charge in [0.05, 0.1) is 24.5 Å². The van der Waals surface area contributed by atoms with Gasteiger partial charge in [-0.2, -0.15) is 0 Å². The predicted molar refractivity (Wildman–Crippen MR) is 162 cm³/mol. The van der Waals surface area contributed by atoms with Crippen molar-refractivity contribution in [2.45, 2.75) is 51.6 Å². The van der Waals surface area contributed by atoms with Crippen LogP contribution in [-0.2, 0) is 20.8 Å². The van der Waals surface area contributed by atoms with Crippen LogP contribution in [0.25, 0.3) is 11.6 Å². The van der Waals surface area contributed by atoms with E-state index in [1.165, 1.54) is 28.4 Å². The Kier molecular flexibility index (Phi) is 8.16. The van der Waals surface area contributed by atoms with Gasteiger partial charge in [-0.3, -0.25) is 14.5 Å². The van der Waals surface area contributed by atoms with Crippen LogP contribution in [-0.4, -0.2) is 40.1 Å². The first-order valence-electron chi connectivity index (χ1n) is 14.5. The molecule has 3 aliphatic rings. The number of aromatic hydroxyl groups is 1. The Hall–Kier alpha value is -3.53. The Labute approximate surface area is 249 Å². The number of thiophene rings is 1. The number of allylic oxidation sites excluding steroid dienone is 2. The third-order valence-electron chi connectivity index (χ3n) is 8.85. The molecule has 4 atom stereocenters. The van der Waals surface area contributed by atoms with Crippen molar-refractivity contribution in [2.24, 2.45) is 17.8 Å². The first-order valence-corrected chi connectivity index (χ1v) is 15.4. The highest BCUT2D eigenvalue weighted by atomic mass is 32.1. The average molecular weight is 586 g/mol. The van der Waals surface area contributed by atoms with Gasteiger partial charge < -0.3 is 14.8 Å². The van der Waals surface area contributed by atoms with Crippen LogP contribution in [0.5, 0.6) is 5.75 Å². The van der Waals surface area contributed by atoms with E-state index in [-0.39, 0.29) is 30.6 Å². The lowest BCUT2D eigenvalue weighted by Crippen LogP contribution is -2.46. The van der Waals surface area contributed by atoms with Gasteiger partial charge >= 0.3 is 7.12 Å². The fourth-order valence-corrected chi connectivity index (χ4v) is 7.63. The van der Waals surface area contributed by atoms with Gasteiger partial charge in [0.15, 0.2) is 11.6 Å². The Morgan fingerprint density at radius 1 is 1.12 bits per heavy atom. The maximum atomic E-state index is 14.1. The molecule has 3 aromatic rings. The predicted octanol–water partition coefficient (Wildman–Crippen LogP) is 6.32. The molecule has 2 saturated heterocycles. The summed E-state index contributed by atoms with van der Waals surface area (Å²) in [5.41, 5.74) is 4.77. The fourth-order valence-electron chi connectivity index (χ4n) is 6.93. The number of imide groups is 1. The first-order chi connectivity index (χ1) is 20.3. The molecule has 9 heteroatoms. The number of likely N-dealkylation sites (tertiary alicyclic amines) is 1. The molecule has 2 amide bonds. The molecule has 0 unspecified atom stereocenters. The molecule has 0 saturated carbocycles. The van der Waals surface area contributed by atoms with Crippen LogP contribution < -0.4 is 0 Å². The fraction of sp³-hybridized carbons (Fsp3) is 0.333. The van der Waals surface area contributed by atoms with Crippen molar-refractivity contribution < 1.29 is 28.8 Å². The van der Waals surface area contributed by atoms with Crippen molar-refractivity contribution in [3.63, 3.8) is 0 Å². The van der Waals surface area contributed by atoms with E-state index in [1.807, 2.05) is 53.9 Å². The van der Waals surface area contributed by atoms with Crippen LogP contribution in [0, 0.1) is 23.6 Å². The number of phenolic OH excluding ortho intramolecular Hbond substituents is 1. The molecule has 42 heavy (non-hydrogen) atoms. The molecule has 6 rings (SSSR count). The minimum Gasteiger partial charge on any atom is -0.505 e. The summed E-state index contributed by atoms with van der Waals surface area (Å²) in [6.07, 6.45) is 4.18. The maximum Gasteiger partial charge on any atom is 0.455 e. The molecular formula is C33H33BFNO5S. The monoisotopic (exact) mass is 585 g/mol. The van der Waals surface area contributed by atoms with Crippen LogP contribution in [0.2, 0.25) is 6.32 Å². The number of carbonyl (C=O) groups is 2. The second kappa shape index (κ2) is 12.0. The summed E-state index contributed by atoms with van der Waals surface area (Å²) in [6.45, 7) is 2.36. The molecule has 0 radical (unpaired) electrons. The molecule has 1 aromatic heterocycles. The second-order valence-electron chi connectivity index (χ2n) is 11.3. The Balaban J connectivity index is 1.29. The van der Waals surface area contributed by atoms with Crippen LogP contribution in [0.3, 0.4) is 0 Å². The van der Waals surface area contributed by atoms with E-state index < -0.39 is 36.6 Å². The number of hydrogen-bond donors (Lipinski definition) is 2. The normalized spacial score (nSPS) is 24.3. The van der Waals surface area contributed by atoms with Gasteiger partial charge in [0.1, 0.15) is 0 Å². The lowest BCUT2D eigenvalue weighted by atomic mass is 9.58. The zero-order valence-corrected chi connectivity index (χ0v) is 24.2. The molecule has 6 nitrogen and oxygen atoms in total. The lowest BCUT2D eigenvalue weighted by Gasteiger charge is -2.43. The summed E-state index contributed by atoms with van der Waals surface area (Å²) in [5, 5.41) is 22.4. The number of nitrogens with zero attached hydrogens (tertiary/aromatic N) is 1. The lowest BCUT2D eigenvalue weighted by molar-refractivity contribution is -0.140. The molecule has 2 aromatic carbocycles. The maximum absolute atomic E-state index is 14.1. The summed E-state index contributed by atoms with van der Waals surface area (Å²) in [4.78, 5) is 29.7. The zero-order valence-electron chi connectivity index (χ0n) is 23.4. The molecule has 3 heterocycles. The Morgan fingerprint density at radius 3 is 2.64 bits per heavy atom. The van der Waals surface area contributed by atoms with Crippen LogP contribution in [0.4, 0.5) is 4.39 Å². The molecule has 2 aliphatic heterocycles. The molecule has 0 spiro atoms. The van der Waals surface area contributed by atoms with Gasteiger partial charge in [-0.05, 0) is 83.8 Å². The zero-order chi connectivity index (χ0) is 29.4. The number of halogens is 1. The summed E-state index contributed by atoms with van der Waals surface area (Å²) in [7, 11) is -1.04. The minimum atomic E-state index is -1.04. The van der Waals surface area contributed by atoms with Crippen molar-refractivity contribution in [3.8, 4) is 5.75 Å². The van der Waals surface area contributed by atoms with E-state index in [0.717, 1.165) is 33.6 Å². The summed E-state index contributed by atoms with van der Waals surface area (Å²) >= 11 is 1.53. The van der Waals surface area contributed by atoms with E-state index >= 15 is 0 Å². The van der Waals surface area contributed by atoms with E-state index in [9.17, 15) is 24.1 Å². The van der Waals surface area contributed by atoms with Gasteiger partial charge in [-0.1, -0.05) is 61.0 Å². The quantitative estimate of drug-likeness (QED) is 0.140. The van der Waals surface area contributed by atoms with E-state index in [4.69, 9.17) is 4.65 Å². The summed E-state index contributed by atoms with van der Waals surface area (Å²) in [5.74, 6) is -2.50. The molecular weight excluding hydrogens is 552 g/mol. The van der Waals surface area contributed by atoms with Crippen molar-refractivity contribution >= 4 is 41.9 Å². The Morgan fingerprint density at radius 2 is 1.93 bits per heavy atom. The number of fused-ring (bicyclic) bond motifs is 3. The topological polar surface area (TPSA) is 87.1 Å². The van der Waals surface area contributed by atoms with Gasteiger partial charge in [-0.25, -0.2) is 4.39 Å². The largest absolute Gasteiger partial charge is 0.505 e. The number of amides is 2. The van der Waals surface area contributed by atoms with Gasteiger partial charge in [0.25, 0.3) is 0 Å². The van der Waals surface area contributed by atoms with Gasteiger partial charge in [0.2, 0.25) is 11.8 Å². The van der Waals surface area contributed by atoms with Crippen molar-refractivity contribution in [3.05, 3.63) is 99.0 Å². The highest BCUT2D eigenvalue weighted by Crippen LogP contribution is 2.51. The molecule has 216 valence electrons. The van der Waals surface area contributed by atoms with E-state index in [0.29, 0.717) is 24.8 Å². The van der Waals surface area contributed by atoms with Crippen molar-refractivity contribution in [1.29, 1.82) is 0 Å². The number of phenols is 1.